The Morgan fingerprint density at radius 2 is 2.04 bits per heavy atom. The van der Waals surface area contributed by atoms with Gasteiger partial charge in [-0.2, -0.15) is 0 Å². The highest BCUT2D eigenvalue weighted by molar-refractivity contribution is 7.11. The molecule has 6 heteroatoms. The summed E-state index contributed by atoms with van der Waals surface area (Å²) in [5, 5.41) is 1.36. The molecule has 5 nitrogen and oxygen atoms in total. The van der Waals surface area contributed by atoms with E-state index in [1.807, 2.05) is 29.8 Å². The molecule has 0 bridgehead atoms. The molecule has 1 aliphatic heterocycles. The first-order valence-electron chi connectivity index (χ1n) is 8.41. The molecule has 23 heavy (non-hydrogen) atoms. The van der Waals surface area contributed by atoms with Crippen molar-refractivity contribution in [2.45, 2.75) is 44.3 Å². The second-order valence-electron chi connectivity index (χ2n) is 6.70. The SMILES string of the molecule is CN(Cc1ncccn1)[C@H]1CCN(Cc2cnc(C3CC3)s2)C1. The largest absolute Gasteiger partial charge is 0.297 e. The highest BCUT2D eigenvalue weighted by Crippen LogP contribution is 2.41. The lowest BCUT2D eigenvalue weighted by Crippen LogP contribution is -2.34. The minimum absolute atomic E-state index is 0.592. The predicted molar refractivity (Wildman–Crippen MR) is 91.3 cm³/mol. The first-order valence-corrected chi connectivity index (χ1v) is 9.22. The van der Waals surface area contributed by atoms with Gasteiger partial charge in [-0.1, -0.05) is 0 Å². The van der Waals surface area contributed by atoms with Crippen molar-refractivity contribution in [3.05, 3.63) is 40.4 Å². The normalized spacial score (nSPS) is 22.1. The third kappa shape index (κ3) is 3.76. The number of aromatic nitrogens is 3. The summed E-state index contributed by atoms with van der Waals surface area (Å²) in [6.45, 7) is 4.17. The van der Waals surface area contributed by atoms with Crippen molar-refractivity contribution in [2.75, 3.05) is 20.1 Å². The van der Waals surface area contributed by atoms with E-state index in [2.05, 4.69) is 38.0 Å². The standard InChI is InChI=1S/C17H23N5S/c1-21(12-16-18-6-2-7-19-16)14-5-8-22(10-14)11-15-9-20-17(23-15)13-3-4-13/h2,6-7,9,13-14H,3-5,8,10-12H2,1H3/t14-/m0/s1. The van der Waals surface area contributed by atoms with E-state index in [9.17, 15) is 0 Å². The maximum Gasteiger partial charge on any atom is 0.142 e. The first-order chi connectivity index (χ1) is 11.3. The van der Waals surface area contributed by atoms with Gasteiger partial charge in [0.15, 0.2) is 0 Å². The van der Waals surface area contributed by atoms with E-state index in [0.29, 0.717) is 6.04 Å². The highest BCUT2D eigenvalue weighted by atomic mass is 32.1. The van der Waals surface area contributed by atoms with Gasteiger partial charge in [0, 0.05) is 55.1 Å². The molecule has 0 unspecified atom stereocenters. The topological polar surface area (TPSA) is 45.2 Å². The maximum absolute atomic E-state index is 4.60. The van der Waals surface area contributed by atoms with Crippen molar-refractivity contribution in [2.24, 2.45) is 0 Å². The number of nitrogens with zero attached hydrogens (tertiary/aromatic N) is 5. The van der Waals surface area contributed by atoms with Crippen LogP contribution in [0.15, 0.2) is 24.7 Å². The van der Waals surface area contributed by atoms with E-state index in [4.69, 9.17) is 0 Å². The van der Waals surface area contributed by atoms with E-state index in [1.54, 1.807) is 0 Å². The zero-order valence-corrected chi connectivity index (χ0v) is 14.4. The molecule has 2 aromatic heterocycles. The second-order valence-corrected chi connectivity index (χ2v) is 7.84. The van der Waals surface area contributed by atoms with Crippen LogP contribution in [0, 0.1) is 0 Å². The number of likely N-dealkylation sites (N-methyl/N-ethyl adjacent to an activating group) is 1. The first kappa shape index (κ1) is 15.2. The highest BCUT2D eigenvalue weighted by Gasteiger charge is 2.29. The molecule has 2 aromatic rings. The summed E-state index contributed by atoms with van der Waals surface area (Å²) in [6.07, 6.45) is 9.62. The van der Waals surface area contributed by atoms with Crippen LogP contribution in [0.1, 0.15) is 40.9 Å². The molecule has 1 aliphatic carbocycles. The van der Waals surface area contributed by atoms with E-state index >= 15 is 0 Å². The van der Waals surface area contributed by atoms with Crippen molar-refractivity contribution in [1.29, 1.82) is 0 Å². The molecular weight excluding hydrogens is 306 g/mol. The van der Waals surface area contributed by atoms with Gasteiger partial charge in [-0.05, 0) is 32.4 Å². The predicted octanol–water partition coefficient (Wildman–Crippen LogP) is 2.52. The molecule has 4 rings (SSSR count). The van der Waals surface area contributed by atoms with Crippen molar-refractivity contribution < 1.29 is 0 Å². The molecule has 0 amide bonds. The van der Waals surface area contributed by atoms with Crippen LogP contribution < -0.4 is 0 Å². The van der Waals surface area contributed by atoms with Crippen LogP contribution >= 0.6 is 11.3 Å². The van der Waals surface area contributed by atoms with Crippen molar-refractivity contribution in [3.63, 3.8) is 0 Å². The van der Waals surface area contributed by atoms with Crippen molar-refractivity contribution in [3.8, 4) is 0 Å². The summed E-state index contributed by atoms with van der Waals surface area (Å²) in [5.74, 6) is 1.68. The minimum Gasteiger partial charge on any atom is -0.297 e. The molecule has 3 heterocycles. The second kappa shape index (κ2) is 6.63. The van der Waals surface area contributed by atoms with Crippen LogP contribution in [0.4, 0.5) is 0 Å². The summed E-state index contributed by atoms with van der Waals surface area (Å²) in [6, 6.07) is 2.46. The van der Waals surface area contributed by atoms with Gasteiger partial charge in [0.05, 0.1) is 11.6 Å². The van der Waals surface area contributed by atoms with Gasteiger partial charge in [0.25, 0.3) is 0 Å². The Labute approximate surface area is 141 Å². The maximum atomic E-state index is 4.60. The zero-order valence-electron chi connectivity index (χ0n) is 13.6. The summed E-state index contributed by atoms with van der Waals surface area (Å²) >= 11 is 1.92. The van der Waals surface area contributed by atoms with Crippen molar-refractivity contribution in [1.82, 2.24) is 24.8 Å². The number of thiazole rings is 1. The number of hydrogen-bond acceptors (Lipinski definition) is 6. The molecule has 1 atom stereocenters. The molecule has 0 aromatic carbocycles. The lowest BCUT2D eigenvalue weighted by atomic mass is 10.2. The Bertz CT molecular complexity index is 639. The van der Waals surface area contributed by atoms with E-state index in [1.165, 1.54) is 35.7 Å². The lowest BCUT2D eigenvalue weighted by Gasteiger charge is -2.23. The quantitative estimate of drug-likeness (QED) is 0.815. The van der Waals surface area contributed by atoms with E-state index < -0.39 is 0 Å². The van der Waals surface area contributed by atoms with Gasteiger partial charge in [-0.3, -0.25) is 9.80 Å². The van der Waals surface area contributed by atoms with Gasteiger partial charge in [-0.25, -0.2) is 15.0 Å². The average Bonchev–Trinajstić information content (AvgIpc) is 3.13. The molecule has 1 saturated heterocycles. The van der Waals surface area contributed by atoms with E-state index in [0.717, 1.165) is 31.4 Å². The van der Waals surface area contributed by atoms with Crippen molar-refractivity contribution >= 4 is 11.3 Å². The van der Waals surface area contributed by atoms with Crippen LogP contribution in [0.25, 0.3) is 0 Å². The summed E-state index contributed by atoms with van der Waals surface area (Å²) in [4.78, 5) is 19.6. The number of hydrogen-bond donors (Lipinski definition) is 0. The van der Waals surface area contributed by atoms with Gasteiger partial charge < -0.3 is 0 Å². The summed E-state index contributed by atoms with van der Waals surface area (Å²) in [5.41, 5.74) is 0. The minimum atomic E-state index is 0.592. The molecule has 1 saturated carbocycles. The fraction of sp³-hybridized carbons (Fsp3) is 0.588. The molecule has 0 spiro atoms. The lowest BCUT2D eigenvalue weighted by molar-refractivity contribution is 0.219. The van der Waals surface area contributed by atoms with Crippen LogP contribution in [-0.4, -0.2) is 50.9 Å². The molecule has 2 fully saturated rings. The Balaban J connectivity index is 1.29. The van der Waals surface area contributed by atoms with Crippen LogP contribution in [0.2, 0.25) is 0 Å². The van der Waals surface area contributed by atoms with Crippen LogP contribution in [0.5, 0.6) is 0 Å². The number of likely N-dealkylation sites (tertiary alicyclic amines) is 1. The van der Waals surface area contributed by atoms with Gasteiger partial charge in [-0.15, -0.1) is 11.3 Å². The molecule has 122 valence electrons. The monoisotopic (exact) mass is 329 g/mol. The zero-order chi connectivity index (χ0) is 15.6. The number of rotatable bonds is 6. The Kier molecular flexibility index (Phi) is 4.37. The Hall–Kier alpha value is -1.37. The summed E-state index contributed by atoms with van der Waals surface area (Å²) in [7, 11) is 2.18. The van der Waals surface area contributed by atoms with Crippen LogP contribution in [0.3, 0.4) is 0 Å². The molecule has 0 N–H and O–H groups in total. The Morgan fingerprint density at radius 1 is 1.22 bits per heavy atom. The molecule has 0 radical (unpaired) electrons. The fourth-order valence-electron chi connectivity index (χ4n) is 3.21. The molecular formula is C17H23N5S. The van der Waals surface area contributed by atoms with Gasteiger partial charge >= 0.3 is 0 Å². The van der Waals surface area contributed by atoms with Gasteiger partial charge in [0.1, 0.15) is 5.82 Å². The van der Waals surface area contributed by atoms with E-state index in [-0.39, 0.29) is 0 Å². The van der Waals surface area contributed by atoms with Crippen LogP contribution in [-0.2, 0) is 13.1 Å². The smallest absolute Gasteiger partial charge is 0.142 e. The Morgan fingerprint density at radius 3 is 2.83 bits per heavy atom. The molecule has 2 aliphatic rings. The van der Waals surface area contributed by atoms with Gasteiger partial charge in [0.2, 0.25) is 0 Å². The third-order valence-electron chi connectivity index (χ3n) is 4.76. The third-order valence-corrected chi connectivity index (χ3v) is 5.90. The summed E-state index contributed by atoms with van der Waals surface area (Å²) < 4.78 is 0. The fourth-order valence-corrected chi connectivity index (χ4v) is 4.34. The average molecular weight is 329 g/mol.